The molecule has 0 spiro atoms. The normalized spacial score (nSPS) is 10.6. The average Bonchev–Trinajstić information content (AvgIpc) is 2.60. The maximum absolute atomic E-state index is 5.51. The zero-order valence-electron chi connectivity index (χ0n) is 7.68. The number of H-pyrrole nitrogens is 2. The Labute approximate surface area is 76.2 Å². The van der Waals surface area contributed by atoms with Gasteiger partial charge in [-0.3, -0.25) is 0 Å². The second-order valence-electron chi connectivity index (χ2n) is 3.15. The van der Waals surface area contributed by atoms with E-state index in [0.717, 1.165) is 17.0 Å². The molecule has 2 heterocycles. The Hall–Kier alpha value is -1.71. The van der Waals surface area contributed by atoms with Crippen molar-refractivity contribution in [2.45, 2.75) is 13.8 Å². The van der Waals surface area contributed by atoms with Crippen molar-refractivity contribution in [1.29, 1.82) is 0 Å². The summed E-state index contributed by atoms with van der Waals surface area (Å²) >= 11 is 0. The summed E-state index contributed by atoms with van der Waals surface area (Å²) in [7, 11) is 0. The van der Waals surface area contributed by atoms with Crippen LogP contribution in [-0.4, -0.2) is 15.0 Å². The van der Waals surface area contributed by atoms with E-state index in [0.29, 0.717) is 5.95 Å². The molecule has 0 radical (unpaired) electrons. The molecule has 0 aliphatic carbocycles. The molecular weight excluding hydrogens is 164 g/mol. The van der Waals surface area contributed by atoms with Gasteiger partial charge in [-0.25, -0.2) is 4.98 Å². The number of aryl methyl sites for hydroxylation is 2. The van der Waals surface area contributed by atoms with Gasteiger partial charge in [0.15, 0.2) is 5.95 Å². The van der Waals surface area contributed by atoms with Crippen molar-refractivity contribution in [2.75, 3.05) is 5.73 Å². The molecule has 0 bridgehead atoms. The number of nitrogens with zero attached hydrogens (tertiary/aromatic N) is 1. The summed E-state index contributed by atoms with van der Waals surface area (Å²) in [4.78, 5) is 10.1. The second-order valence-corrected chi connectivity index (χ2v) is 3.15. The summed E-state index contributed by atoms with van der Waals surface area (Å²) in [6.07, 6.45) is 3.72. The van der Waals surface area contributed by atoms with E-state index in [1.165, 1.54) is 5.56 Å². The van der Waals surface area contributed by atoms with Gasteiger partial charge < -0.3 is 15.7 Å². The first kappa shape index (κ1) is 7.91. The van der Waals surface area contributed by atoms with Gasteiger partial charge in [-0.2, -0.15) is 0 Å². The lowest BCUT2D eigenvalue weighted by molar-refractivity contribution is 1.26. The topological polar surface area (TPSA) is 70.5 Å². The molecule has 0 saturated carbocycles. The van der Waals surface area contributed by atoms with E-state index in [1.807, 2.05) is 13.1 Å². The molecule has 2 aromatic rings. The largest absolute Gasteiger partial charge is 0.369 e. The van der Waals surface area contributed by atoms with E-state index >= 15 is 0 Å². The van der Waals surface area contributed by atoms with Crippen LogP contribution in [0.5, 0.6) is 0 Å². The Morgan fingerprint density at radius 2 is 2.15 bits per heavy atom. The fraction of sp³-hybridized carbons (Fsp3) is 0.222. The summed E-state index contributed by atoms with van der Waals surface area (Å²) in [6, 6.07) is 0. The minimum Gasteiger partial charge on any atom is -0.369 e. The van der Waals surface area contributed by atoms with Gasteiger partial charge >= 0.3 is 0 Å². The standard InChI is InChI=1S/C9H12N4/c1-5-3-11-6(2)8(5)7-4-12-9(10)13-7/h3-4,11H,1-2H3,(H3,10,12,13). The van der Waals surface area contributed by atoms with Gasteiger partial charge in [0.05, 0.1) is 11.9 Å². The number of hydrogen-bond acceptors (Lipinski definition) is 2. The number of nitrogens with two attached hydrogens (primary N) is 1. The summed E-state index contributed by atoms with van der Waals surface area (Å²) in [5, 5.41) is 0. The molecule has 0 aromatic carbocycles. The van der Waals surface area contributed by atoms with E-state index < -0.39 is 0 Å². The first-order valence-electron chi connectivity index (χ1n) is 4.14. The Morgan fingerprint density at radius 1 is 1.38 bits per heavy atom. The average molecular weight is 176 g/mol. The first-order chi connectivity index (χ1) is 6.18. The van der Waals surface area contributed by atoms with E-state index in [9.17, 15) is 0 Å². The van der Waals surface area contributed by atoms with Crippen molar-refractivity contribution in [1.82, 2.24) is 15.0 Å². The lowest BCUT2D eigenvalue weighted by Crippen LogP contribution is -1.86. The quantitative estimate of drug-likeness (QED) is 0.617. The SMILES string of the molecule is Cc1c[nH]c(C)c1-c1cnc(N)[nH]1. The van der Waals surface area contributed by atoms with E-state index in [-0.39, 0.29) is 0 Å². The molecule has 68 valence electrons. The maximum Gasteiger partial charge on any atom is 0.197 e. The molecule has 0 amide bonds. The molecule has 4 heteroatoms. The van der Waals surface area contributed by atoms with E-state index in [2.05, 4.69) is 21.9 Å². The Kier molecular flexibility index (Phi) is 1.62. The van der Waals surface area contributed by atoms with Crippen LogP contribution in [0.2, 0.25) is 0 Å². The van der Waals surface area contributed by atoms with Crippen LogP contribution in [-0.2, 0) is 0 Å². The van der Waals surface area contributed by atoms with Gasteiger partial charge in [-0.05, 0) is 19.4 Å². The third kappa shape index (κ3) is 1.20. The minimum atomic E-state index is 0.454. The predicted octanol–water partition coefficient (Wildman–Crippen LogP) is 1.60. The molecule has 4 N–H and O–H groups in total. The molecule has 0 fully saturated rings. The number of rotatable bonds is 1. The number of anilines is 1. The molecule has 13 heavy (non-hydrogen) atoms. The van der Waals surface area contributed by atoms with Gasteiger partial charge in [0.1, 0.15) is 0 Å². The highest BCUT2D eigenvalue weighted by molar-refractivity contribution is 5.66. The number of imidazole rings is 1. The zero-order chi connectivity index (χ0) is 9.42. The maximum atomic E-state index is 5.51. The van der Waals surface area contributed by atoms with Crippen molar-refractivity contribution in [3.8, 4) is 11.3 Å². The highest BCUT2D eigenvalue weighted by Crippen LogP contribution is 2.24. The number of hydrogen-bond donors (Lipinski definition) is 3. The van der Waals surface area contributed by atoms with Crippen LogP contribution in [0.3, 0.4) is 0 Å². The van der Waals surface area contributed by atoms with Gasteiger partial charge in [0, 0.05) is 17.5 Å². The Bertz CT molecular complexity index is 405. The third-order valence-corrected chi connectivity index (χ3v) is 2.14. The summed E-state index contributed by atoms with van der Waals surface area (Å²) in [6.45, 7) is 4.08. The molecule has 2 aromatic heterocycles. The second kappa shape index (κ2) is 2.65. The summed E-state index contributed by atoms with van der Waals surface area (Å²) in [5.74, 6) is 0.454. The van der Waals surface area contributed by atoms with Crippen molar-refractivity contribution in [3.63, 3.8) is 0 Å². The smallest absolute Gasteiger partial charge is 0.197 e. The zero-order valence-corrected chi connectivity index (χ0v) is 7.68. The van der Waals surface area contributed by atoms with Crippen LogP contribution in [0.25, 0.3) is 11.3 Å². The molecule has 0 aliphatic rings. The predicted molar refractivity (Wildman–Crippen MR) is 52.3 cm³/mol. The monoisotopic (exact) mass is 176 g/mol. The van der Waals surface area contributed by atoms with Crippen molar-refractivity contribution < 1.29 is 0 Å². The molecule has 0 saturated heterocycles. The van der Waals surface area contributed by atoms with E-state index in [1.54, 1.807) is 6.20 Å². The lowest BCUT2D eigenvalue weighted by Gasteiger charge is -1.97. The van der Waals surface area contributed by atoms with Crippen LogP contribution in [0.4, 0.5) is 5.95 Å². The van der Waals surface area contributed by atoms with E-state index in [4.69, 9.17) is 5.73 Å². The van der Waals surface area contributed by atoms with Gasteiger partial charge in [0.25, 0.3) is 0 Å². The fourth-order valence-corrected chi connectivity index (χ4v) is 1.53. The van der Waals surface area contributed by atoms with Crippen LogP contribution < -0.4 is 5.73 Å². The highest BCUT2D eigenvalue weighted by atomic mass is 15.0. The van der Waals surface area contributed by atoms with Crippen molar-refractivity contribution in [3.05, 3.63) is 23.7 Å². The fourth-order valence-electron chi connectivity index (χ4n) is 1.53. The molecule has 0 unspecified atom stereocenters. The van der Waals surface area contributed by atoms with Crippen molar-refractivity contribution >= 4 is 5.95 Å². The van der Waals surface area contributed by atoms with Crippen LogP contribution in [0.15, 0.2) is 12.4 Å². The molecule has 4 nitrogen and oxygen atoms in total. The summed E-state index contributed by atoms with van der Waals surface area (Å²) < 4.78 is 0. The molecule has 2 rings (SSSR count). The Morgan fingerprint density at radius 3 is 2.62 bits per heavy atom. The van der Waals surface area contributed by atoms with Crippen LogP contribution >= 0.6 is 0 Å². The number of aromatic amines is 2. The molecule has 0 aliphatic heterocycles. The third-order valence-electron chi connectivity index (χ3n) is 2.14. The number of aromatic nitrogens is 3. The van der Waals surface area contributed by atoms with Gasteiger partial charge in [0.2, 0.25) is 0 Å². The summed E-state index contributed by atoms with van der Waals surface area (Å²) in [5.41, 5.74) is 9.95. The highest BCUT2D eigenvalue weighted by Gasteiger charge is 2.08. The number of nitrogens with one attached hydrogen (secondary N) is 2. The van der Waals surface area contributed by atoms with Crippen LogP contribution in [0.1, 0.15) is 11.3 Å². The first-order valence-corrected chi connectivity index (χ1v) is 4.14. The van der Waals surface area contributed by atoms with Crippen LogP contribution in [0, 0.1) is 13.8 Å². The van der Waals surface area contributed by atoms with Crippen molar-refractivity contribution in [2.24, 2.45) is 0 Å². The molecule has 0 atom stereocenters. The van der Waals surface area contributed by atoms with Gasteiger partial charge in [-0.1, -0.05) is 0 Å². The minimum absolute atomic E-state index is 0.454. The molecular formula is C9H12N4. The van der Waals surface area contributed by atoms with Gasteiger partial charge in [-0.15, -0.1) is 0 Å². The Balaban J connectivity index is 2.57. The lowest BCUT2D eigenvalue weighted by atomic mass is 10.1. The number of nitrogen functional groups attached to an aromatic ring is 1.